The second kappa shape index (κ2) is 8.11. The first-order valence-corrected chi connectivity index (χ1v) is 11.2. The van der Waals surface area contributed by atoms with Crippen molar-refractivity contribution in [2.45, 2.75) is 66.5 Å². The first-order chi connectivity index (χ1) is 14.7. The summed E-state index contributed by atoms with van der Waals surface area (Å²) in [5, 5.41) is 4.65. The third-order valence-corrected chi connectivity index (χ3v) is 6.60. The summed E-state index contributed by atoms with van der Waals surface area (Å²) in [6.07, 6.45) is 3.61. The highest BCUT2D eigenvalue weighted by molar-refractivity contribution is 5.73. The fourth-order valence-corrected chi connectivity index (χ4v) is 4.50. The number of likely N-dealkylation sites (tertiary alicyclic amines) is 1. The molecule has 9 heteroatoms. The van der Waals surface area contributed by atoms with E-state index in [1.165, 1.54) is 28.4 Å². The molecule has 9 nitrogen and oxygen atoms in total. The summed E-state index contributed by atoms with van der Waals surface area (Å²) in [7, 11) is 1.69. The summed E-state index contributed by atoms with van der Waals surface area (Å²) >= 11 is 0. The largest absolute Gasteiger partial charge is 0.332 e. The number of rotatable bonds is 5. The van der Waals surface area contributed by atoms with Crippen molar-refractivity contribution in [3.8, 4) is 5.95 Å². The Hall–Kier alpha value is -2.68. The molecule has 1 fully saturated rings. The molecule has 0 saturated carbocycles. The topological polar surface area (TPSA) is 82.9 Å². The molecular weight excluding hydrogens is 394 g/mol. The van der Waals surface area contributed by atoms with Crippen molar-refractivity contribution in [1.82, 2.24) is 33.4 Å². The normalized spacial score (nSPS) is 15.5. The molecule has 3 aromatic heterocycles. The van der Waals surface area contributed by atoms with Gasteiger partial charge in [-0.1, -0.05) is 6.42 Å². The van der Waals surface area contributed by atoms with Crippen LogP contribution in [0, 0.1) is 20.8 Å². The minimum atomic E-state index is -0.320. The van der Waals surface area contributed by atoms with E-state index in [4.69, 9.17) is 4.98 Å². The van der Waals surface area contributed by atoms with E-state index < -0.39 is 0 Å². The maximum Gasteiger partial charge on any atom is 0.332 e. The SMILES string of the molecule is Cc1nn(-c2nc3c(c(=O)n(CCN4CCCCC4)c(=O)n3C)n2C(C)C)c(C)c1C. The van der Waals surface area contributed by atoms with E-state index in [0.717, 1.165) is 30.0 Å². The van der Waals surface area contributed by atoms with Crippen LogP contribution in [0.5, 0.6) is 0 Å². The molecule has 0 spiro atoms. The van der Waals surface area contributed by atoms with Crippen LogP contribution in [0.15, 0.2) is 9.59 Å². The van der Waals surface area contributed by atoms with Crippen molar-refractivity contribution in [1.29, 1.82) is 0 Å². The van der Waals surface area contributed by atoms with Crippen LogP contribution >= 0.6 is 0 Å². The summed E-state index contributed by atoms with van der Waals surface area (Å²) in [5.41, 5.74) is 3.25. The fourth-order valence-electron chi connectivity index (χ4n) is 4.50. The summed E-state index contributed by atoms with van der Waals surface area (Å²) in [6.45, 7) is 13.2. The van der Waals surface area contributed by atoms with Crippen LogP contribution in [0.3, 0.4) is 0 Å². The van der Waals surface area contributed by atoms with Gasteiger partial charge in [-0.2, -0.15) is 10.1 Å². The molecule has 0 radical (unpaired) electrons. The lowest BCUT2D eigenvalue weighted by molar-refractivity contribution is 0.218. The molecule has 0 atom stereocenters. The molecule has 0 aromatic carbocycles. The van der Waals surface area contributed by atoms with Crippen molar-refractivity contribution in [2.75, 3.05) is 19.6 Å². The van der Waals surface area contributed by atoms with Crippen molar-refractivity contribution in [3.05, 3.63) is 37.8 Å². The van der Waals surface area contributed by atoms with Gasteiger partial charge in [-0.15, -0.1) is 0 Å². The molecule has 31 heavy (non-hydrogen) atoms. The number of nitrogens with zero attached hydrogens (tertiary/aromatic N) is 7. The Balaban J connectivity index is 1.89. The van der Waals surface area contributed by atoms with Crippen LogP contribution in [0.25, 0.3) is 17.1 Å². The second-order valence-corrected chi connectivity index (χ2v) is 8.96. The number of aryl methyl sites for hydroxylation is 2. The van der Waals surface area contributed by atoms with Gasteiger partial charge in [0, 0.05) is 31.9 Å². The van der Waals surface area contributed by atoms with Crippen LogP contribution in [0.2, 0.25) is 0 Å². The average molecular weight is 428 g/mol. The minimum Gasteiger partial charge on any atom is -0.302 e. The molecule has 1 saturated heterocycles. The number of aromatic nitrogens is 6. The van der Waals surface area contributed by atoms with Crippen LogP contribution < -0.4 is 11.2 Å². The van der Waals surface area contributed by atoms with Gasteiger partial charge in [0.05, 0.1) is 5.69 Å². The van der Waals surface area contributed by atoms with Crippen molar-refractivity contribution in [2.24, 2.45) is 7.05 Å². The van der Waals surface area contributed by atoms with Crippen molar-refractivity contribution in [3.63, 3.8) is 0 Å². The molecule has 168 valence electrons. The van der Waals surface area contributed by atoms with Crippen LogP contribution in [0.4, 0.5) is 0 Å². The highest BCUT2D eigenvalue weighted by atomic mass is 16.2. The molecule has 0 N–H and O–H groups in total. The summed E-state index contributed by atoms with van der Waals surface area (Å²) in [4.78, 5) is 33.7. The zero-order valence-corrected chi connectivity index (χ0v) is 19.5. The van der Waals surface area contributed by atoms with Crippen LogP contribution in [-0.4, -0.2) is 53.0 Å². The molecule has 0 unspecified atom stereocenters. The number of fused-ring (bicyclic) bond motifs is 1. The number of piperidine rings is 1. The third kappa shape index (κ3) is 3.54. The lowest BCUT2D eigenvalue weighted by Crippen LogP contribution is -2.43. The molecule has 4 rings (SSSR count). The van der Waals surface area contributed by atoms with Gasteiger partial charge in [0.15, 0.2) is 11.2 Å². The monoisotopic (exact) mass is 427 g/mol. The van der Waals surface area contributed by atoms with Crippen LogP contribution in [0.1, 0.15) is 56.1 Å². The number of hydrogen-bond acceptors (Lipinski definition) is 5. The van der Waals surface area contributed by atoms with Gasteiger partial charge < -0.3 is 4.90 Å². The lowest BCUT2D eigenvalue weighted by atomic mass is 10.1. The first-order valence-electron chi connectivity index (χ1n) is 11.2. The predicted molar refractivity (Wildman–Crippen MR) is 121 cm³/mol. The van der Waals surface area contributed by atoms with Gasteiger partial charge in [-0.25, -0.2) is 9.48 Å². The minimum absolute atomic E-state index is 0.0232. The van der Waals surface area contributed by atoms with Gasteiger partial charge in [0.1, 0.15) is 0 Å². The Bertz CT molecular complexity index is 1240. The molecule has 1 aliphatic heterocycles. The Labute approximate surface area is 181 Å². The van der Waals surface area contributed by atoms with E-state index in [0.29, 0.717) is 30.2 Å². The molecule has 4 heterocycles. The van der Waals surface area contributed by atoms with E-state index in [1.54, 1.807) is 11.7 Å². The van der Waals surface area contributed by atoms with Gasteiger partial charge in [0.2, 0.25) is 5.95 Å². The van der Waals surface area contributed by atoms with E-state index in [1.807, 2.05) is 39.2 Å². The molecule has 0 bridgehead atoms. The Kier molecular flexibility index (Phi) is 5.63. The molecular formula is C22H33N7O2. The highest BCUT2D eigenvalue weighted by Crippen LogP contribution is 2.23. The smallest absolute Gasteiger partial charge is 0.302 e. The highest BCUT2D eigenvalue weighted by Gasteiger charge is 2.25. The predicted octanol–water partition coefficient (Wildman–Crippen LogP) is 2.07. The number of imidazole rings is 1. The molecule has 1 aliphatic rings. The second-order valence-electron chi connectivity index (χ2n) is 8.96. The fraction of sp³-hybridized carbons (Fsp3) is 0.636. The van der Waals surface area contributed by atoms with Crippen molar-refractivity contribution < 1.29 is 0 Å². The van der Waals surface area contributed by atoms with Gasteiger partial charge in [-0.05, 0) is 66.1 Å². The summed E-state index contributed by atoms with van der Waals surface area (Å²) < 4.78 is 6.56. The first kappa shape index (κ1) is 21.5. The van der Waals surface area contributed by atoms with Gasteiger partial charge in [0.25, 0.3) is 5.56 Å². The zero-order valence-electron chi connectivity index (χ0n) is 19.5. The van der Waals surface area contributed by atoms with Crippen molar-refractivity contribution >= 4 is 11.2 Å². The Morgan fingerprint density at radius 2 is 1.68 bits per heavy atom. The van der Waals surface area contributed by atoms with Gasteiger partial charge in [-0.3, -0.25) is 18.5 Å². The zero-order chi connectivity index (χ0) is 22.4. The average Bonchev–Trinajstić information content (AvgIpc) is 3.27. The van der Waals surface area contributed by atoms with Gasteiger partial charge >= 0.3 is 5.69 Å². The maximum atomic E-state index is 13.5. The maximum absolute atomic E-state index is 13.5. The molecule has 3 aromatic rings. The lowest BCUT2D eigenvalue weighted by Gasteiger charge is -2.26. The van der Waals surface area contributed by atoms with E-state index >= 15 is 0 Å². The van der Waals surface area contributed by atoms with E-state index in [-0.39, 0.29) is 17.3 Å². The molecule has 0 aliphatic carbocycles. The Morgan fingerprint density at radius 3 is 2.26 bits per heavy atom. The third-order valence-electron chi connectivity index (χ3n) is 6.60. The van der Waals surface area contributed by atoms with E-state index in [9.17, 15) is 9.59 Å². The van der Waals surface area contributed by atoms with E-state index in [2.05, 4.69) is 10.00 Å². The molecule has 0 amide bonds. The summed E-state index contributed by atoms with van der Waals surface area (Å²) in [6, 6.07) is -0.0232. The number of hydrogen-bond donors (Lipinski definition) is 0. The Morgan fingerprint density at radius 1 is 1.00 bits per heavy atom. The quantitative estimate of drug-likeness (QED) is 0.623. The summed E-state index contributed by atoms with van der Waals surface area (Å²) in [5.74, 6) is 0.569. The van der Waals surface area contributed by atoms with Crippen LogP contribution in [-0.2, 0) is 13.6 Å². The standard InChI is InChI=1S/C22H33N7O2/c1-14(2)28-18-19(23-21(28)29-17(5)15(3)16(4)24-29)25(6)22(31)27(20(18)30)13-12-26-10-8-7-9-11-26/h14H,7-13H2,1-6H3.